The van der Waals surface area contributed by atoms with E-state index < -0.39 is 17.1 Å². The molecule has 2 aliphatic heterocycles. The Morgan fingerprint density at radius 2 is 1.75 bits per heavy atom. The number of thioether (sulfide) groups is 1. The number of carbonyl (C=O) groups is 3. The number of rotatable bonds is 8. The second-order valence-corrected chi connectivity index (χ2v) is 12.4. The van der Waals surface area contributed by atoms with Crippen molar-refractivity contribution < 1.29 is 23.9 Å². The highest BCUT2D eigenvalue weighted by Crippen LogP contribution is 2.36. The number of hydrogen-bond acceptors (Lipinski definition) is 7. The summed E-state index contributed by atoms with van der Waals surface area (Å²) in [7, 11) is 0. The first-order valence-corrected chi connectivity index (χ1v) is 15.5. The summed E-state index contributed by atoms with van der Waals surface area (Å²) in [4.78, 5) is 42.1. The molecule has 2 heterocycles. The van der Waals surface area contributed by atoms with E-state index in [0.717, 1.165) is 48.1 Å². The molecule has 40 heavy (non-hydrogen) atoms. The maximum atomic E-state index is 13.2. The van der Waals surface area contributed by atoms with Gasteiger partial charge in [0, 0.05) is 33.6 Å². The highest BCUT2D eigenvalue weighted by Gasteiger charge is 2.36. The summed E-state index contributed by atoms with van der Waals surface area (Å²) in [5.41, 5.74) is 3.36. The summed E-state index contributed by atoms with van der Waals surface area (Å²) in [5.74, 6) is -0.316. The Kier molecular flexibility index (Phi) is 9.65. The van der Waals surface area contributed by atoms with Crippen molar-refractivity contribution in [2.75, 3.05) is 43.1 Å². The van der Waals surface area contributed by atoms with Crippen LogP contribution in [0.15, 0.2) is 71.6 Å². The largest absolute Gasteiger partial charge is 0.487 e. The maximum Gasteiger partial charge on any atom is 0.294 e. The monoisotopic (exact) mass is 781 g/mol. The molecular formula is C29H25I2N3O5S. The van der Waals surface area contributed by atoms with Crippen molar-refractivity contribution in [1.29, 1.82) is 0 Å². The van der Waals surface area contributed by atoms with Crippen LogP contribution in [-0.4, -0.2) is 54.8 Å². The van der Waals surface area contributed by atoms with E-state index in [1.54, 1.807) is 6.08 Å². The molecule has 0 unspecified atom stereocenters. The topological polar surface area (TPSA) is 88.2 Å². The number of anilines is 2. The lowest BCUT2D eigenvalue weighted by molar-refractivity contribution is -0.127. The lowest BCUT2D eigenvalue weighted by Gasteiger charge is -2.28. The van der Waals surface area contributed by atoms with Crippen molar-refractivity contribution in [2.24, 2.45) is 0 Å². The van der Waals surface area contributed by atoms with Gasteiger partial charge >= 0.3 is 0 Å². The van der Waals surface area contributed by atoms with Gasteiger partial charge in [0.05, 0.1) is 21.7 Å². The van der Waals surface area contributed by atoms with Crippen molar-refractivity contribution in [1.82, 2.24) is 4.90 Å². The van der Waals surface area contributed by atoms with Crippen molar-refractivity contribution in [3.8, 4) is 5.75 Å². The number of nitrogens with one attached hydrogen (secondary N) is 1. The van der Waals surface area contributed by atoms with Gasteiger partial charge in [0.25, 0.3) is 11.1 Å². The van der Waals surface area contributed by atoms with Crippen LogP contribution < -0.4 is 15.0 Å². The number of halogens is 2. The van der Waals surface area contributed by atoms with E-state index in [-0.39, 0.29) is 11.4 Å². The summed E-state index contributed by atoms with van der Waals surface area (Å²) >= 11 is 5.23. The number of carbonyl (C=O) groups excluding carboxylic acids is 3. The van der Waals surface area contributed by atoms with E-state index in [1.165, 1.54) is 0 Å². The van der Waals surface area contributed by atoms with Crippen LogP contribution in [0.25, 0.3) is 6.08 Å². The molecule has 0 aromatic heterocycles. The molecule has 1 N–H and O–H groups in total. The van der Waals surface area contributed by atoms with E-state index in [9.17, 15) is 14.4 Å². The number of benzene rings is 3. The van der Waals surface area contributed by atoms with Gasteiger partial charge in [-0.25, -0.2) is 0 Å². The van der Waals surface area contributed by atoms with Crippen LogP contribution in [0.1, 0.15) is 11.1 Å². The quantitative estimate of drug-likeness (QED) is 0.222. The van der Waals surface area contributed by atoms with Crippen LogP contribution in [0.2, 0.25) is 0 Å². The van der Waals surface area contributed by atoms with Crippen molar-refractivity contribution >= 4 is 91.4 Å². The lowest BCUT2D eigenvalue weighted by Crippen LogP contribution is -2.36. The van der Waals surface area contributed by atoms with E-state index in [2.05, 4.69) is 55.4 Å². The maximum absolute atomic E-state index is 13.2. The molecule has 2 saturated heterocycles. The van der Waals surface area contributed by atoms with Crippen LogP contribution in [0, 0.1) is 7.14 Å². The molecule has 8 nitrogen and oxygen atoms in total. The normalized spacial score (nSPS) is 16.5. The fraction of sp³-hybridized carbons (Fsp3) is 0.207. The first kappa shape index (κ1) is 28.9. The molecule has 0 aliphatic carbocycles. The fourth-order valence-corrected chi connectivity index (χ4v) is 7.14. The number of hydrogen-bond donors (Lipinski definition) is 1. The van der Waals surface area contributed by atoms with E-state index in [4.69, 9.17) is 9.47 Å². The molecule has 0 spiro atoms. The molecule has 3 aromatic carbocycles. The molecule has 0 saturated carbocycles. The summed E-state index contributed by atoms with van der Waals surface area (Å²) in [6.07, 6.45) is 1.66. The smallest absolute Gasteiger partial charge is 0.294 e. The molecule has 3 aromatic rings. The third-order valence-electron chi connectivity index (χ3n) is 6.25. The van der Waals surface area contributed by atoms with Crippen LogP contribution in [0.3, 0.4) is 0 Å². The number of amides is 3. The number of morpholine rings is 1. The third kappa shape index (κ3) is 7.17. The van der Waals surface area contributed by atoms with Crippen LogP contribution >= 0.6 is 56.9 Å². The van der Waals surface area contributed by atoms with Crippen molar-refractivity contribution in [3.05, 3.63) is 89.9 Å². The molecule has 5 rings (SSSR count). The van der Waals surface area contributed by atoms with E-state index in [0.29, 0.717) is 36.8 Å². The zero-order valence-corrected chi connectivity index (χ0v) is 26.4. The predicted molar refractivity (Wildman–Crippen MR) is 173 cm³/mol. The van der Waals surface area contributed by atoms with Crippen LogP contribution in [0.4, 0.5) is 16.2 Å². The molecule has 3 amide bonds. The number of imide groups is 1. The Labute approximate surface area is 263 Å². The second-order valence-electron chi connectivity index (χ2n) is 9.04. The number of nitrogens with zero attached hydrogens (tertiary/aromatic N) is 2. The zero-order chi connectivity index (χ0) is 28.1. The van der Waals surface area contributed by atoms with E-state index in [1.807, 2.05) is 66.7 Å². The minimum Gasteiger partial charge on any atom is -0.487 e. The summed E-state index contributed by atoms with van der Waals surface area (Å²) in [6, 6.07) is 21.2. The standard InChI is InChI=1S/C29H25I2N3O5S/c30-21-14-20(27(24(31)16-21)39-18-19-4-2-1-3-5-19)15-25-28(36)34(29(37)40-25)17-26(35)32-22-6-8-23(9-7-22)33-10-12-38-13-11-33/h1-9,14-16H,10-13,17-18H2,(H,32,35)/b25-15+. The predicted octanol–water partition coefficient (Wildman–Crippen LogP) is 5.99. The zero-order valence-electron chi connectivity index (χ0n) is 21.3. The summed E-state index contributed by atoms with van der Waals surface area (Å²) in [5, 5.41) is 2.30. The first-order valence-electron chi connectivity index (χ1n) is 12.5. The summed E-state index contributed by atoms with van der Waals surface area (Å²) < 4.78 is 13.4. The average Bonchev–Trinajstić information content (AvgIpc) is 3.21. The van der Waals surface area contributed by atoms with Crippen molar-refractivity contribution in [3.63, 3.8) is 0 Å². The third-order valence-corrected chi connectivity index (χ3v) is 8.58. The van der Waals surface area contributed by atoms with Crippen LogP contribution in [-0.2, 0) is 20.9 Å². The molecule has 0 atom stereocenters. The SMILES string of the molecule is O=C(CN1C(=O)S/C(=C/c2cc(I)cc(I)c2OCc2ccccc2)C1=O)Nc1ccc(N2CCOCC2)cc1. The Morgan fingerprint density at radius 1 is 1.02 bits per heavy atom. The Morgan fingerprint density at radius 3 is 2.48 bits per heavy atom. The van der Waals surface area contributed by atoms with Crippen molar-refractivity contribution in [2.45, 2.75) is 6.61 Å². The molecule has 2 aliphatic rings. The molecular weight excluding hydrogens is 756 g/mol. The van der Waals surface area contributed by atoms with Gasteiger partial charge in [-0.15, -0.1) is 0 Å². The molecule has 11 heteroatoms. The fourth-order valence-electron chi connectivity index (χ4n) is 4.27. The van der Waals surface area contributed by atoms with Gasteiger partial charge in [-0.1, -0.05) is 30.3 Å². The lowest BCUT2D eigenvalue weighted by atomic mass is 10.1. The van der Waals surface area contributed by atoms with Gasteiger partial charge in [-0.05, 0) is 105 Å². The van der Waals surface area contributed by atoms with Gasteiger partial charge in [0.15, 0.2) is 0 Å². The molecule has 0 radical (unpaired) electrons. The van der Waals surface area contributed by atoms with Gasteiger partial charge in [0.2, 0.25) is 5.91 Å². The van der Waals surface area contributed by atoms with Gasteiger partial charge in [-0.2, -0.15) is 0 Å². The van der Waals surface area contributed by atoms with E-state index >= 15 is 0 Å². The Hall–Kier alpha value is -2.62. The molecule has 2 fully saturated rings. The Bertz CT molecular complexity index is 1440. The minimum absolute atomic E-state index is 0.245. The highest BCUT2D eigenvalue weighted by atomic mass is 127. The average molecular weight is 781 g/mol. The minimum atomic E-state index is -0.504. The molecule has 0 bridgehead atoms. The van der Waals surface area contributed by atoms with Gasteiger partial charge in [-0.3, -0.25) is 19.3 Å². The highest BCUT2D eigenvalue weighted by molar-refractivity contribution is 14.1. The first-order chi connectivity index (χ1) is 19.4. The summed E-state index contributed by atoms with van der Waals surface area (Å²) in [6.45, 7) is 3.02. The number of ether oxygens (including phenoxy) is 2. The van der Waals surface area contributed by atoms with Gasteiger partial charge < -0.3 is 19.7 Å². The van der Waals surface area contributed by atoms with Crippen LogP contribution in [0.5, 0.6) is 5.75 Å². The van der Waals surface area contributed by atoms with Gasteiger partial charge in [0.1, 0.15) is 18.9 Å². The molecule has 206 valence electrons. The Balaban J connectivity index is 1.25. The second kappa shape index (κ2) is 13.4.